The summed E-state index contributed by atoms with van der Waals surface area (Å²) in [6, 6.07) is 0. The van der Waals surface area contributed by atoms with Crippen molar-refractivity contribution in [1.82, 2.24) is 10.6 Å². The third kappa shape index (κ3) is 7.78. The van der Waals surface area contributed by atoms with Crippen molar-refractivity contribution < 1.29 is 4.79 Å². The first-order chi connectivity index (χ1) is 4.27. The van der Waals surface area contributed by atoms with E-state index >= 15 is 0 Å². The van der Waals surface area contributed by atoms with Crippen LogP contribution in [0.1, 0.15) is 6.92 Å². The van der Waals surface area contributed by atoms with E-state index in [2.05, 4.69) is 23.3 Å². The average molecular weight is 148 g/mol. The molecule has 4 heteroatoms. The molecule has 0 rings (SSSR count). The predicted molar refractivity (Wildman–Crippen MR) is 40.5 cm³/mol. The lowest BCUT2D eigenvalue weighted by Crippen LogP contribution is -2.33. The molecule has 0 fully saturated rings. The van der Waals surface area contributed by atoms with Gasteiger partial charge in [-0.2, -0.15) is 12.6 Å². The summed E-state index contributed by atoms with van der Waals surface area (Å²) >= 11 is 3.97. The highest BCUT2D eigenvalue weighted by Crippen LogP contribution is 1.65. The van der Waals surface area contributed by atoms with Crippen LogP contribution in [-0.4, -0.2) is 24.9 Å². The second kappa shape index (κ2) is 5.91. The molecule has 9 heavy (non-hydrogen) atoms. The lowest BCUT2D eigenvalue weighted by Gasteiger charge is -2.01. The van der Waals surface area contributed by atoms with Crippen LogP contribution in [-0.2, 0) is 4.79 Å². The standard InChI is InChI=1S/C5H12N2OS/c1-5(8)7-4-6-2-3-9/h6,9H,2-4H2,1H3,(H,7,8). The third-order valence-electron chi connectivity index (χ3n) is 0.751. The van der Waals surface area contributed by atoms with Gasteiger partial charge in [-0.05, 0) is 0 Å². The van der Waals surface area contributed by atoms with E-state index < -0.39 is 0 Å². The molecule has 0 aliphatic carbocycles. The Morgan fingerprint density at radius 2 is 2.33 bits per heavy atom. The van der Waals surface area contributed by atoms with Gasteiger partial charge in [0.2, 0.25) is 5.91 Å². The van der Waals surface area contributed by atoms with Gasteiger partial charge in [-0.25, -0.2) is 0 Å². The van der Waals surface area contributed by atoms with Gasteiger partial charge < -0.3 is 5.32 Å². The summed E-state index contributed by atoms with van der Waals surface area (Å²) < 4.78 is 0. The zero-order valence-corrected chi connectivity index (χ0v) is 6.37. The van der Waals surface area contributed by atoms with Crippen LogP contribution in [0.15, 0.2) is 0 Å². The van der Waals surface area contributed by atoms with E-state index in [4.69, 9.17) is 0 Å². The first-order valence-electron chi connectivity index (χ1n) is 2.83. The van der Waals surface area contributed by atoms with Gasteiger partial charge in [-0.1, -0.05) is 0 Å². The van der Waals surface area contributed by atoms with Crippen LogP contribution < -0.4 is 10.6 Å². The van der Waals surface area contributed by atoms with Crippen molar-refractivity contribution >= 4 is 18.5 Å². The first kappa shape index (κ1) is 8.78. The lowest BCUT2D eigenvalue weighted by atomic mass is 10.7. The molecular formula is C5H12N2OS. The summed E-state index contributed by atoms with van der Waals surface area (Å²) in [6.45, 7) is 2.85. The SMILES string of the molecule is CC(=O)NCNCCS. The van der Waals surface area contributed by atoms with Crippen LogP contribution in [0.25, 0.3) is 0 Å². The Labute approximate surface area is 60.6 Å². The highest BCUT2D eigenvalue weighted by molar-refractivity contribution is 7.80. The monoisotopic (exact) mass is 148 g/mol. The molecule has 0 spiro atoms. The summed E-state index contributed by atoms with van der Waals surface area (Å²) in [6.07, 6.45) is 0. The third-order valence-corrected chi connectivity index (χ3v) is 0.975. The minimum atomic E-state index is -0.0123. The van der Waals surface area contributed by atoms with Crippen molar-refractivity contribution in [2.75, 3.05) is 19.0 Å². The van der Waals surface area contributed by atoms with Crippen molar-refractivity contribution in [2.45, 2.75) is 6.92 Å². The fourth-order valence-corrected chi connectivity index (χ4v) is 0.513. The summed E-state index contributed by atoms with van der Waals surface area (Å²) in [4.78, 5) is 10.2. The molecule has 1 amide bonds. The molecule has 0 saturated carbocycles. The van der Waals surface area contributed by atoms with Gasteiger partial charge in [0.1, 0.15) is 0 Å². The van der Waals surface area contributed by atoms with Crippen molar-refractivity contribution in [1.29, 1.82) is 0 Å². The van der Waals surface area contributed by atoms with Crippen LogP contribution in [0.4, 0.5) is 0 Å². The molecule has 0 radical (unpaired) electrons. The molecule has 0 atom stereocenters. The van der Waals surface area contributed by atoms with Crippen molar-refractivity contribution in [2.24, 2.45) is 0 Å². The molecule has 0 aliphatic rings. The number of nitrogens with one attached hydrogen (secondary N) is 2. The van der Waals surface area contributed by atoms with Crippen molar-refractivity contribution in [3.8, 4) is 0 Å². The highest BCUT2D eigenvalue weighted by atomic mass is 32.1. The lowest BCUT2D eigenvalue weighted by molar-refractivity contribution is -0.119. The molecule has 3 nitrogen and oxygen atoms in total. The summed E-state index contributed by atoms with van der Waals surface area (Å²) in [5, 5.41) is 5.55. The molecule has 2 N–H and O–H groups in total. The molecule has 0 saturated heterocycles. The molecule has 0 aromatic heterocycles. The number of thiol groups is 1. The number of carbonyl (C=O) groups is 1. The van der Waals surface area contributed by atoms with Gasteiger partial charge in [0, 0.05) is 19.2 Å². The largest absolute Gasteiger partial charge is 0.344 e. The van der Waals surface area contributed by atoms with Crippen LogP contribution in [0.5, 0.6) is 0 Å². The van der Waals surface area contributed by atoms with E-state index in [9.17, 15) is 4.79 Å². The fraction of sp³-hybridized carbons (Fsp3) is 0.800. The van der Waals surface area contributed by atoms with E-state index in [-0.39, 0.29) is 5.91 Å². The number of amides is 1. The van der Waals surface area contributed by atoms with E-state index in [0.717, 1.165) is 12.3 Å². The normalized spacial score (nSPS) is 9.11. The van der Waals surface area contributed by atoms with E-state index in [1.54, 1.807) is 0 Å². The second-order valence-corrected chi connectivity index (χ2v) is 2.08. The average Bonchev–Trinajstić information content (AvgIpc) is 1.80. The molecule has 0 aromatic rings. The zero-order valence-electron chi connectivity index (χ0n) is 5.48. The molecule has 0 unspecified atom stereocenters. The minimum Gasteiger partial charge on any atom is -0.344 e. The molecule has 0 aliphatic heterocycles. The topological polar surface area (TPSA) is 41.1 Å². The molecule has 54 valence electrons. The Morgan fingerprint density at radius 1 is 1.67 bits per heavy atom. The second-order valence-electron chi connectivity index (χ2n) is 1.63. The van der Waals surface area contributed by atoms with Crippen molar-refractivity contribution in [3.63, 3.8) is 0 Å². The maximum Gasteiger partial charge on any atom is 0.217 e. The van der Waals surface area contributed by atoms with E-state index in [1.165, 1.54) is 6.92 Å². The summed E-state index contributed by atoms with van der Waals surface area (Å²) in [7, 11) is 0. The van der Waals surface area contributed by atoms with E-state index in [0.29, 0.717) is 6.67 Å². The molecule has 0 bridgehead atoms. The minimum absolute atomic E-state index is 0.0123. The highest BCUT2D eigenvalue weighted by Gasteiger charge is 1.86. The van der Waals surface area contributed by atoms with Gasteiger partial charge in [0.15, 0.2) is 0 Å². The molecule has 0 heterocycles. The van der Waals surface area contributed by atoms with Gasteiger partial charge in [-0.15, -0.1) is 0 Å². The first-order valence-corrected chi connectivity index (χ1v) is 3.46. The summed E-state index contributed by atoms with van der Waals surface area (Å²) in [5.74, 6) is 0.779. The smallest absolute Gasteiger partial charge is 0.217 e. The number of rotatable bonds is 4. The molecule has 0 aromatic carbocycles. The number of hydrogen-bond donors (Lipinski definition) is 3. The van der Waals surface area contributed by atoms with E-state index in [1.807, 2.05) is 0 Å². The van der Waals surface area contributed by atoms with Crippen LogP contribution in [0.2, 0.25) is 0 Å². The number of hydrogen-bond acceptors (Lipinski definition) is 3. The Bertz CT molecular complexity index is 87.0. The Kier molecular flexibility index (Phi) is 5.76. The number of carbonyl (C=O) groups excluding carboxylic acids is 1. The van der Waals surface area contributed by atoms with Crippen LogP contribution >= 0.6 is 12.6 Å². The molecular weight excluding hydrogens is 136 g/mol. The maximum absolute atomic E-state index is 10.2. The Morgan fingerprint density at radius 3 is 2.78 bits per heavy atom. The maximum atomic E-state index is 10.2. The fourth-order valence-electron chi connectivity index (χ4n) is 0.354. The summed E-state index contributed by atoms with van der Waals surface area (Å²) in [5.41, 5.74) is 0. The van der Waals surface area contributed by atoms with Gasteiger partial charge >= 0.3 is 0 Å². The van der Waals surface area contributed by atoms with Gasteiger partial charge in [-0.3, -0.25) is 10.1 Å². The van der Waals surface area contributed by atoms with Crippen LogP contribution in [0.3, 0.4) is 0 Å². The van der Waals surface area contributed by atoms with Gasteiger partial charge in [0.25, 0.3) is 0 Å². The van der Waals surface area contributed by atoms with Crippen LogP contribution in [0, 0.1) is 0 Å². The Balaban J connectivity index is 2.83. The zero-order chi connectivity index (χ0) is 7.11. The predicted octanol–water partition coefficient (Wildman–Crippen LogP) is -0.401. The Hall–Kier alpha value is -0.220. The van der Waals surface area contributed by atoms with Gasteiger partial charge in [0.05, 0.1) is 6.67 Å². The van der Waals surface area contributed by atoms with Crippen molar-refractivity contribution in [3.05, 3.63) is 0 Å². The quantitative estimate of drug-likeness (QED) is 0.288.